The number of anilines is 1. The van der Waals surface area contributed by atoms with Gasteiger partial charge in [0.05, 0.1) is 6.04 Å². The molecule has 1 aromatic heterocycles. The van der Waals surface area contributed by atoms with E-state index in [0.717, 1.165) is 43.1 Å². The Kier molecular flexibility index (Phi) is 6.51. The molecule has 2 nitrogen and oxygen atoms in total. The number of allylic oxidation sites excluding steroid dienone is 11. The zero-order chi connectivity index (χ0) is 33.8. The molecule has 0 saturated carbocycles. The first kappa shape index (κ1) is 30.0. The number of nitrogens with zero attached hydrogens (tertiary/aromatic N) is 1. The highest BCUT2D eigenvalue weighted by atomic mass is 16.3. The summed E-state index contributed by atoms with van der Waals surface area (Å²) in [7, 11) is 0. The monoisotopic (exact) mass is 651 g/mol. The van der Waals surface area contributed by atoms with Crippen molar-refractivity contribution in [2.24, 2.45) is 5.92 Å². The Morgan fingerprint density at radius 3 is 2.52 bits per heavy atom. The molecule has 0 radical (unpaired) electrons. The lowest BCUT2D eigenvalue weighted by molar-refractivity contribution is 0.391. The van der Waals surface area contributed by atoms with Crippen LogP contribution in [0.25, 0.3) is 34.3 Å². The molecular weight excluding hydrogens is 607 g/mol. The zero-order valence-electron chi connectivity index (χ0n) is 29.7. The molecule has 1 heterocycles. The topological polar surface area (TPSA) is 16.4 Å². The van der Waals surface area contributed by atoms with E-state index >= 15 is 0 Å². The van der Waals surface area contributed by atoms with E-state index in [9.17, 15) is 0 Å². The molecule has 0 N–H and O–H groups in total. The fourth-order valence-corrected chi connectivity index (χ4v) is 10.3. The summed E-state index contributed by atoms with van der Waals surface area (Å²) in [6.07, 6.45) is 29.2. The van der Waals surface area contributed by atoms with Crippen molar-refractivity contribution in [2.45, 2.75) is 82.6 Å². The highest BCUT2D eigenvalue weighted by Crippen LogP contribution is 2.54. The summed E-state index contributed by atoms with van der Waals surface area (Å²) in [6, 6.07) is 23.1. The molecule has 0 aliphatic heterocycles. The van der Waals surface area contributed by atoms with Crippen LogP contribution in [0.3, 0.4) is 0 Å². The lowest BCUT2D eigenvalue weighted by atomic mass is 9.74. The second kappa shape index (κ2) is 10.8. The highest BCUT2D eigenvalue weighted by molar-refractivity contribution is 5.96. The molecule has 248 valence electrons. The summed E-state index contributed by atoms with van der Waals surface area (Å²) in [5.41, 5.74) is 16.1. The first-order valence-electron chi connectivity index (χ1n) is 18.7. The minimum absolute atomic E-state index is 0.0410. The maximum Gasteiger partial charge on any atom is 0.135 e. The van der Waals surface area contributed by atoms with E-state index in [-0.39, 0.29) is 16.9 Å². The van der Waals surface area contributed by atoms with Crippen LogP contribution in [0.15, 0.2) is 125 Å². The Morgan fingerprint density at radius 1 is 0.840 bits per heavy atom. The number of rotatable bonds is 4. The van der Waals surface area contributed by atoms with Gasteiger partial charge in [-0.25, -0.2) is 0 Å². The van der Waals surface area contributed by atoms with Crippen LogP contribution >= 0.6 is 0 Å². The van der Waals surface area contributed by atoms with Crippen LogP contribution in [0.5, 0.6) is 0 Å². The maximum absolute atomic E-state index is 6.81. The molecular formula is C48H45NO. The van der Waals surface area contributed by atoms with Crippen molar-refractivity contribution in [2.75, 3.05) is 4.90 Å². The summed E-state index contributed by atoms with van der Waals surface area (Å²) in [6.45, 7) is 9.67. The molecule has 6 aliphatic carbocycles. The molecule has 6 aliphatic rings. The van der Waals surface area contributed by atoms with Gasteiger partial charge in [0.1, 0.15) is 11.0 Å². The molecule has 0 amide bonds. The summed E-state index contributed by atoms with van der Waals surface area (Å²) in [4.78, 5) is 2.58. The molecule has 4 aromatic rings. The van der Waals surface area contributed by atoms with Crippen molar-refractivity contribution in [3.63, 3.8) is 0 Å². The number of hydrogen-bond acceptors (Lipinski definition) is 2. The third kappa shape index (κ3) is 4.27. The lowest BCUT2D eigenvalue weighted by Crippen LogP contribution is -2.40. The summed E-state index contributed by atoms with van der Waals surface area (Å²) in [5, 5.41) is 2.59. The number of hydrogen-bond donors (Lipinski definition) is 0. The second-order valence-corrected chi connectivity index (χ2v) is 16.3. The van der Waals surface area contributed by atoms with Gasteiger partial charge in [0.2, 0.25) is 0 Å². The van der Waals surface area contributed by atoms with Crippen molar-refractivity contribution in [1.82, 2.24) is 0 Å². The molecule has 3 unspecified atom stereocenters. The summed E-state index contributed by atoms with van der Waals surface area (Å²) in [5.74, 6) is 0.802. The second-order valence-electron chi connectivity index (χ2n) is 16.3. The van der Waals surface area contributed by atoms with Crippen molar-refractivity contribution < 1.29 is 4.42 Å². The van der Waals surface area contributed by atoms with Crippen molar-refractivity contribution in [1.29, 1.82) is 0 Å². The van der Waals surface area contributed by atoms with Crippen molar-refractivity contribution in [3.05, 3.63) is 159 Å². The fraction of sp³-hybridized carbons (Fsp3) is 0.292. The van der Waals surface area contributed by atoms with Crippen LogP contribution in [0.2, 0.25) is 0 Å². The maximum atomic E-state index is 6.81. The van der Waals surface area contributed by atoms with Gasteiger partial charge in [0, 0.05) is 33.3 Å². The quantitative estimate of drug-likeness (QED) is 0.218. The van der Waals surface area contributed by atoms with Crippen LogP contribution in [0.4, 0.5) is 5.69 Å². The molecule has 0 bridgehead atoms. The Labute approximate surface area is 295 Å². The predicted molar refractivity (Wildman–Crippen MR) is 209 cm³/mol. The summed E-state index contributed by atoms with van der Waals surface area (Å²) >= 11 is 0. The minimum Gasteiger partial charge on any atom is -0.456 e. The van der Waals surface area contributed by atoms with Gasteiger partial charge in [-0.15, -0.1) is 0 Å². The van der Waals surface area contributed by atoms with Crippen LogP contribution < -0.4 is 15.5 Å². The largest absolute Gasteiger partial charge is 0.456 e. The smallest absolute Gasteiger partial charge is 0.135 e. The van der Waals surface area contributed by atoms with Gasteiger partial charge in [-0.05, 0) is 118 Å². The van der Waals surface area contributed by atoms with E-state index < -0.39 is 0 Å². The third-order valence-corrected chi connectivity index (χ3v) is 12.8. The van der Waals surface area contributed by atoms with Crippen molar-refractivity contribution >= 4 is 40.0 Å². The zero-order valence-corrected chi connectivity index (χ0v) is 29.7. The van der Waals surface area contributed by atoms with E-state index in [4.69, 9.17) is 4.42 Å². The van der Waals surface area contributed by atoms with Gasteiger partial charge in [-0.3, -0.25) is 0 Å². The van der Waals surface area contributed by atoms with Gasteiger partial charge in [0.25, 0.3) is 0 Å². The molecule has 0 spiro atoms. The van der Waals surface area contributed by atoms with E-state index in [1.54, 1.807) is 0 Å². The van der Waals surface area contributed by atoms with Gasteiger partial charge in [-0.1, -0.05) is 119 Å². The molecule has 10 rings (SSSR count). The van der Waals surface area contributed by atoms with Crippen LogP contribution in [0, 0.1) is 5.92 Å². The number of furan rings is 1. The van der Waals surface area contributed by atoms with Crippen molar-refractivity contribution in [3.8, 4) is 0 Å². The van der Waals surface area contributed by atoms with Crippen LogP contribution in [-0.4, -0.2) is 6.04 Å². The van der Waals surface area contributed by atoms with Gasteiger partial charge in [-0.2, -0.15) is 0 Å². The standard InChI is InChI=1S/C48H45NO/c1-47(2)40-16-10-8-14-35(40)37-24-22-33(28-42(37)47)49(32-20-18-31(19-21-32)30-12-6-5-7-13-30)34-23-25-39-44(29-34)50-43-27-26-38-36-15-9-11-17-41(36)48(3,4)46(38)45(39)43/h5-6,8,10-12,14,16-22,24-29,34,37,42H,7,9,13,15,23H2,1-4H3. The molecule has 0 saturated heterocycles. The third-order valence-electron chi connectivity index (χ3n) is 12.8. The number of fused-ring (bicyclic) bond motifs is 9. The van der Waals surface area contributed by atoms with E-state index in [1.165, 1.54) is 66.5 Å². The Morgan fingerprint density at radius 2 is 1.68 bits per heavy atom. The molecule has 50 heavy (non-hydrogen) atoms. The highest BCUT2D eigenvalue weighted by Gasteiger charge is 2.46. The van der Waals surface area contributed by atoms with Gasteiger partial charge < -0.3 is 9.32 Å². The Hall–Kier alpha value is -4.82. The molecule has 2 heteroatoms. The van der Waals surface area contributed by atoms with E-state index in [0.29, 0.717) is 11.8 Å². The van der Waals surface area contributed by atoms with Crippen LogP contribution in [-0.2, 0) is 10.8 Å². The van der Waals surface area contributed by atoms with E-state index in [1.807, 2.05) is 0 Å². The minimum atomic E-state index is -0.0410. The molecule has 3 aromatic carbocycles. The fourth-order valence-electron chi connectivity index (χ4n) is 10.3. The molecule has 3 atom stereocenters. The number of benzene rings is 3. The van der Waals surface area contributed by atoms with Gasteiger partial charge in [0.15, 0.2) is 0 Å². The predicted octanol–water partition coefficient (Wildman–Crippen LogP) is 10.5. The lowest BCUT2D eigenvalue weighted by Gasteiger charge is -2.38. The van der Waals surface area contributed by atoms with E-state index in [2.05, 4.69) is 154 Å². The normalized spacial score (nSPS) is 24.8. The molecule has 0 fully saturated rings. The van der Waals surface area contributed by atoms with Gasteiger partial charge >= 0.3 is 0 Å². The first-order valence-corrected chi connectivity index (χ1v) is 18.7. The Bertz CT molecular complexity index is 2410. The first-order chi connectivity index (χ1) is 24.3. The SMILES string of the molecule is CC1(C)C2=C(CCC=C2)c2ccc3oc4c(c3c21)=CCC(N(C1=CC2C(C=C1)c1ccccc1C2(C)C)c1ccc(C2=CC=CCC2)cc1)C=4. The summed E-state index contributed by atoms with van der Waals surface area (Å²) < 4.78 is 6.81. The van der Waals surface area contributed by atoms with Crippen LogP contribution in [0.1, 0.15) is 93.5 Å². The average molecular weight is 652 g/mol. The average Bonchev–Trinajstić information content (AvgIpc) is 3.71. The Balaban J connectivity index is 1.10.